The molecule has 1 saturated heterocycles. The van der Waals surface area contributed by atoms with Crippen molar-refractivity contribution in [2.45, 2.75) is 32.7 Å². The first-order valence-electron chi connectivity index (χ1n) is 8.28. The Bertz CT molecular complexity index is 659. The van der Waals surface area contributed by atoms with Gasteiger partial charge < -0.3 is 10.2 Å². The van der Waals surface area contributed by atoms with Gasteiger partial charge in [0.15, 0.2) is 6.04 Å². The third-order valence-corrected chi connectivity index (χ3v) is 4.94. The van der Waals surface area contributed by atoms with Crippen LogP contribution in [0.5, 0.6) is 0 Å². The normalized spacial score (nSPS) is 23.2. The number of amides is 1. The van der Waals surface area contributed by atoms with Crippen molar-refractivity contribution in [1.29, 1.82) is 0 Å². The van der Waals surface area contributed by atoms with E-state index in [1.54, 1.807) is 0 Å². The number of carbonyl (C=O) groups excluding carboxylic acids is 1. The Morgan fingerprint density at radius 2 is 1.82 bits per heavy atom. The lowest BCUT2D eigenvalue weighted by molar-refractivity contribution is -0.919. The summed E-state index contributed by atoms with van der Waals surface area (Å²) in [6.07, 6.45) is 2.45. The molecule has 116 valence electrons. The molecule has 2 aromatic rings. The molecule has 3 heteroatoms. The Balaban J connectivity index is 1.67. The summed E-state index contributed by atoms with van der Waals surface area (Å²) in [5.74, 6) is 0.930. The van der Waals surface area contributed by atoms with Gasteiger partial charge in [0.05, 0.1) is 13.1 Å². The van der Waals surface area contributed by atoms with E-state index in [0.717, 1.165) is 30.1 Å². The van der Waals surface area contributed by atoms with Crippen LogP contribution in [0.1, 0.15) is 26.7 Å². The van der Waals surface area contributed by atoms with Gasteiger partial charge in [-0.1, -0.05) is 37.3 Å². The number of anilines is 1. The van der Waals surface area contributed by atoms with Gasteiger partial charge in [0.1, 0.15) is 0 Å². The summed E-state index contributed by atoms with van der Waals surface area (Å²) in [6, 6.07) is 14.3. The molecule has 1 aliphatic rings. The number of benzene rings is 2. The zero-order valence-corrected chi connectivity index (χ0v) is 13.4. The second-order valence-electron chi connectivity index (χ2n) is 6.61. The van der Waals surface area contributed by atoms with Crippen LogP contribution in [0.4, 0.5) is 5.69 Å². The molecule has 3 rings (SSSR count). The molecule has 1 atom stereocenters. The molecule has 0 bridgehead atoms. The molecule has 1 heterocycles. The van der Waals surface area contributed by atoms with E-state index < -0.39 is 0 Å². The highest BCUT2D eigenvalue weighted by atomic mass is 16.2. The Kier molecular flexibility index (Phi) is 4.44. The van der Waals surface area contributed by atoms with Crippen LogP contribution >= 0.6 is 0 Å². The molecule has 2 N–H and O–H groups in total. The van der Waals surface area contributed by atoms with E-state index in [2.05, 4.69) is 30.4 Å². The zero-order chi connectivity index (χ0) is 15.5. The number of hydrogen-bond acceptors (Lipinski definition) is 1. The number of rotatable bonds is 3. The smallest absolute Gasteiger partial charge is 0.282 e. The number of quaternary nitrogens is 1. The number of carbonyl (C=O) groups is 1. The predicted molar refractivity (Wildman–Crippen MR) is 91.1 cm³/mol. The Morgan fingerprint density at radius 1 is 1.14 bits per heavy atom. The molecule has 0 aliphatic carbocycles. The number of likely N-dealkylation sites (tertiary alicyclic amines) is 1. The van der Waals surface area contributed by atoms with Crippen molar-refractivity contribution in [3.05, 3.63) is 42.5 Å². The number of nitrogens with one attached hydrogen (secondary N) is 2. The first-order chi connectivity index (χ1) is 10.6. The van der Waals surface area contributed by atoms with E-state index >= 15 is 0 Å². The fourth-order valence-electron chi connectivity index (χ4n) is 3.27. The monoisotopic (exact) mass is 297 g/mol. The van der Waals surface area contributed by atoms with Crippen molar-refractivity contribution in [3.63, 3.8) is 0 Å². The number of hydrogen-bond donors (Lipinski definition) is 2. The molecule has 0 saturated carbocycles. The molecule has 0 unspecified atom stereocenters. The highest BCUT2D eigenvalue weighted by molar-refractivity contribution is 5.96. The SMILES string of the molecule is CC1CC[NH+]([C@@H](C)C(=O)Nc2ccc3ccccc3c2)CC1. The van der Waals surface area contributed by atoms with Crippen LogP contribution in [0.25, 0.3) is 10.8 Å². The van der Waals surface area contributed by atoms with Crippen molar-refractivity contribution in [2.24, 2.45) is 5.92 Å². The van der Waals surface area contributed by atoms with Gasteiger partial charge in [0, 0.05) is 5.69 Å². The maximum Gasteiger partial charge on any atom is 0.282 e. The third kappa shape index (κ3) is 3.30. The highest BCUT2D eigenvalue weighted by Crippen LogP contribution is 2.18. The predicted octanol–water partition coefficient (Wildman–Crippen LogP) is 2.48. The van der Waals surface area contributed by atoms with Gasteiger partial charge in [0.2, 0.25) is 0 Å². The summed E-state index contributed by atoms with van der Waals surface area (Å²) in [5.41, 5.74) is 0.889. The second kappa shape index (κ2) is 6.49. The molecule has 3 nitrogen and oxygen atoms in total. The lowest BCUT2D eigenvalue weighted by Gasteiger charge is -2.31. The Labute approximate surface area is 132 Å². The van der Waals surface area contributed by atoms with Crippen LogP contribution < -0.4 is 10.2 Å². The number of fused-ring (bicyclic) bond motifs is 1. The van der Waals surface area contributed by atoms with Crippen molar-refractivity contribution < 1.29 is 9.69 Å². The topological polar surface area (TPSA) is 33.5 Å². The maximum absolute atomic E-state index is 12.5. The second-order valence-corrected chi connectivity index (χ2v) is 6.61. The van der Waals surface area contributed by atoms with E-state index in [4.69, 9.17) is 0 Å². The van der Waals surface area contributed by atoms with Crippen LogP contribution in [-0.2, 0) is 4.79 Å². The molecule has 1 amide bonds. The fraction of sp³-hybridized carbons (Fsp3) is 0.421. The summed E-state index contributed by atoms with van der Waals surface area (Å²) in [4.78, 5) is 13.9. The molecule has 0 aromatic heterocycles. The first kappa shape index (κ1) is 15.0. The molecule has 0 radical (unpaired) electrons. The summed E-state index contributed by atoms with van der Waals surface area (Å²) >= 11 is 0. The van der Waals surface area contributed by atoms with E-state index in [0.29, 0.717) is 0 Å². The summed E-state index contributed by atoms with van der Waals surface area (Å²) in [7, 11) is 0. The van der Waals surface area contributed by atoms with Crippen molar-refractivity contribution in [1.82, 2.24) is 0 Å². The largest absolute Gasteiger partial charge is 0.325 e. The van der Waals surface area contributed by atoms with Gasteiger partial charge in [0.25, 0.3) is 5.91 Å². The molecular formula is C19H25N2O+. The van der Waals surface area contributed by atoms with Crippen LogP contribution in [-0.4, -0.2) is 25.0 Å². The van der Waals surface area contributed by atoms with E-state index in [1.165, 1.54) is 23.1 Å². The van der Waals surface area contributed by atoms with Crippen LogP contribution in [0, 0.1) is 5.92 Å². The van der Waals surface area contributed by atoms with Crippen molar-refractivity contribution in [2.75, 3.05) is 18.4 Å². The minimum atomic E-state index is 0.0129. The van der Waals surface area contributed by atoms with E-state index in [9.17, 15) is 4.79 Å². The molecule has 22 heavy (non-hydrogen) atoms. The average Bonchev–Trinajstić information content (AvgIpc) is 2.55. The van der Waals surface area contributed by atoms with Gasteiger partial charge in [-0.05, 0) is 48.6 Å². The van der Waals surface area contributed by atoms with Gasteiger partial charge >= 0.3 is 0 Å². The van der Waals surface area contributed by atoms with Crippen LogP contribution in [0.2, 0.25) is 0 Å². The van der Waals surface area contributed by atoms with Gasteiger partial charge in [-0.15, -0.1) is 0 Å². The van der Waals surface area contributed by atoms with Gasteiger partial charge in [-0.2, -0.15) is 0 Å². The maximum atomic E-state index is 12.5. The average molecular weight is 297 g/mol. The minimum Gasteiger partial charge on any atom is -0.325 e. The van der Waals surface area contributed by atoms with Gasteiger partial charge in [-0.25, -0.2) is 0 Å². The Morgan fingerprint density at radius 3 is 2.55 bits per heavy atom. The molecule has 1 fully saturated rings. The third-order valence-electron chi connectivity index (χ3n) is 4.94. The van der Waals surface area contributed by atoms with Crippen molar-refractivity contribution >= 4 is 22.4 Å². The van der Waals surface area contributed by atoms with E-state index in [1.807, 2.05) is 31.2 Å². The lowest BCUT2D eigenvalue weighted by atomic mass is 9.98. The lowest BCUT2D eigenvalue weighted by Crippen LogP contribution is -3.17. The Hall–Kier alpha value is -1.87. The summed E-state index contributed by atoms with van der Waals surface area (Å²) < 4.78 is 0. The quantitative estimate of drug-likeness (QED) is 0.896. The standard InChI is InChI=1S/C19H24N2O/c1-14-9-11-21(12-10-14)15(2)19(22)20-18-8-7-16-5-3-4-6-17(16)13-18/h3-8,13-15H,9-12H2,1-2H3,(H,20,22)/p+1/t15-/m0/s1. The number of piperidine rings is 1. The summed E-state index contributed by atoms with van der Waals surface area (Å²) in [5, 5.41) is 5.44. The van der Waals surface area contributed by atoms with Crippen LogP contribution in [0.15, 0.2) is 42.5 Å². The fourth-order valence-corrected chi connectivity index (χ4v) is 3.27. The van der Waals surface area contributed by atoms with Gasteiger partial charge in [-0.3, -0.25) is 4.79 Å². The van der Waals surface area contributed by atoms with Crippen LogP contribution in [0.3, 0.4) is 0 Å². The molecular weight excluding hydrogens is 272 g/mol. The zero-order valence-electron chi connectivity index (χ0n) is 13.4. The molecule has 0 spiro atoms. The molecule has 2 aromatic carbocycles. The highest BCUT2D eigenvalue weighted by Gasteiger charge is 2.28. The molecule has 1 aliphatic heterocycles. The summed E-state index contributed by atoms with van der Waals surface area (Å²) in [6.45, 7) is 6.55. The van der Waals surface area contributed by atoms with E-state index in [-0.39, 0.29) is 11.9 Å². The first-order valence-corrected chi connectivity index (χ1v) is 8.28. The van der Waals surface area contributed by atoms with Crippen molar-refractivity contribution in [3.8, 4) is 0 Å². The minimum absolute atomic E-state index is 0.0129.